The molecule has 30 heavy (non-hydrogen) atoms. The van der Waals surface area contributed by atoms with Crippen LogP contribution in [0.1, 0.15) is 42.1 Å². The Kier molecular flexibility index (Phi) is 5.93. The van der Waals surface area contributed by atoms with Gasteiger partial charge in [0.05, 0.1) is 16.3 Å². The maximum Gasteiger partial charge on any atom is 0.256 e. The third-order valence-electron chi connectivity index (χ3n) is 5.17. The van der Waals surface area contributed by atoms with Crippen LogP contribution in [0.3, 0.4) is 0 Å². The van der Waals surface area contributed by atoms with Gasteiger partial charge >= 0.3 is 0 Å². The molecule has 0 aliphatic heterocycles. The first-order chi connectivity index (χ1) is 14.5. The Balaban J connectivity index is 1.66. The molecule has 0 radical (unpaired) electrons. The number of rotatable bonds is 5. The average molecular weight is 484 g/mol. The van der Waals surface area contributed by atoms with Gasteiger partial charge < -0.3 is 9.73 Å². The van der Waals surface area contributed by atoms with E-state index in [0.29, 0.717) is 32.6 Å². The Hall–Kier alpha value is -2.63. The second kappa shape index (κ2) is 8.62. The zero-order valence-electron chi connectivity index (χ0n) is 16.6. The van der Waals surface area contributed by atoms with E-state index in [1.165, 1.54) is 5.56 Å². The minimum Gasteiger partial charge on any atom is -0.436 e. The number of fused-ring (bicyclic) bond motifs is 1. The molecule has 6 heteroatoms. The topological polar surface area (TPSA) is 55.1 Å². The van der Waals surface area contributed by atoms with Crippen LogP contribution in [0.5, 0.6) is 0 Å². The number of amides is 1. The molecule has 0 unspecified atom stereocenters. The van der Waals surface area contributed by atoms with Crippen LogP contribution in [0, 0.1) is 0 Å². The number of aromatic nitrogens is 1. The zero-order chi connectivity index (χ0) is 21.3. The van der Waals surface area contributed by atoms with E-state index in [0.717, 1.165) is 23.1 Å². The van der Waals surface area contributed by atoms with E-state index >= 15 is 0 Å². The molecular formula is C24H20BrClN2O2. The smallest absolute Gasteiger partial charge is 0.256 e. The molecule has 4 nitrogen and oxygen atoms in total. The predicted octanol–water partition coefficient (Wildman–Crippen LogP) is 7.68. The van der Waals surface area contributed by atoms with Gasteiger partial charge in [-0.05, 0) is 76.3 Å². The standard InChI is InChI=1S/C24H20BrClN2O2/c1-3-14(2)15-9-11-22-21(12-15)28-24(30-22)16-8-10-19(26)20(13-16)27-23(29)17-6-4-5-7-18(17)25/h4-14H,3H2,1-2H3,(H,27,29)/t14-/m0/s1. The summed E-state index contributed by atoms with van der Waals surface area (Å²) in [6, 6.07) is 18.7. The molecule has 1 atom stereocenters. The molecule has 4 aromatic rings. The Morgan fingerprint density at radius 1 is 1.17 bits per heavy atom. The monoisotopic (exact) mass is 482 g/mol. The summed E-state index contributed by atoms with van der Waals surface area (Å²) in [5.74, 6) is 0.695. The minimum atomic E-state index is -0.253. The highest BCUT2D eigenvalue weighted by Crippen LogP contribution is 2.32. The Morgan fingerprint density at radius 3 is 2.73 bits per heavy atom. The van der Waals surface area contributed by atoms with E-state index in [4.69, 9.17) is 16.0 Å². The number of benzene rings is 3. The van der Waals surface area contributed by atoms with Crippen LogP contribution in [0.25, 0.3) is 22.6 Å². The highest BCUT2D eigenvalue weighted by Gasteiger charge is 2.15. The SMILES string of the molecule is CC[C@H](C)c1ccc2oc(-c3ccc(Cl)c(NC(=O)c4ccccc4Br)c3)nc2c1. The lowest BCUT2D eigenvalue weighted by Gasteiger charge is -2.09. The first kappa shape index (κ1) is 20.6. The number of hydrogen-bond acceptors (Lipinski definition) is 3. The molecule has 0 bridgehead atoms. The van der Waals surface area contributed by atoms with Gasteiger partial charge in [-0.1, -0.05) is 43.6 Å². The van der Waals surface area contributed by atoms with Crippen molar-refractivity contribution in [3.8, 4) is 11.5 Å². The summed E-state index contributed by atoms with van der Waals surface area (Å²) in [6.07, 6.45) is 1.06. The van der Waals surface area contributed by atoms with Crippen LogP contribution in [-0.2, 0) is 0 Å². The average Bonchev–Trinajstić information content (AvgIpc) is 3.18. The fourth-order valence-corrected chi connectivity index (χ4v) is 3.83. The second-order valence-electron chi connectivity index (χ2n) is 7.18. The third kappa shape index (κ3) is 4.13. The largest absolute Gasteiger partial charge is 0.436 e. The van der Waals surface area contributed by atoms with Crippen molar-refractivity contribution in [1.29, 1.82) is 0 Å². The lowest BCUT2D eigenvalue weighted by molar-refractivity contribution is 0.102. The molecule has 1 aromatic heterocycles. The summed E-state index contributed by atoms with van der Waals surface area (Å²) < 4.78 is 6.67. The van der Waals surface area contributed by atoms with Crippen molar-refractivity contribution in [2.75, 3.05) is 5.32 Å². The van der Waals surface area contributed by atoms with Crippen LogP contribution in [0.15, 0.2) is 69.6 Å². The van der Waals surface area contributed by atoms with Crippen LogP contribution in [0.4, 0.5) is 5.69 Å². The van der Waals surface area contributed by atoms with Crippen molar-refractivity contribution in [3.63, 3.8) is 0 Å². The van der Waals surface area contributed by atoms with Crippen molar-refractivity contribution in [2.24, 2.45) is 0 Å². The molecular weight excluding hydrogens is 464 g/mol. The van der Waals surface area contributed by atoms with Gasteiger partial charge in [0.25, 0.3) is 5.91 Å². The van der Waals surface area contributed by atoms with E-state index in [2.05, 4.69) is 52.2 Å². The molecule has 0 saturated carbocycles. The van der Waals surface area contributed by atoms with Crippen LogP contribution < -0.4 is 5.32 Å². The van der Waals surface area contributed by atoms with Gasteiger partial charge in [-0.15, -0.1) is 0 Å². The number of carbonyl (C=O) groups excluding carboxylic acids is 1. The number of hydrogen-bond donors (Lipinski definition) is 1. The van der Waals surface area contributed by atoms with Crippen LogP contribution in [-0.4, -0.2) is 10.9 Å². The Morgan fingerprint density at radius 2 is 1.97 bits per heavy atom. The van der Waals surface area contributed by atoms with Crippen molar-refractivity contribution in [2.45, 2.75) is 26.2 Å². The van der Waals surface area contributed by atoms with Gasteiger partial charge in [0.15, 0.2) is 5.58 Å². The lowest BCUT2D eigenvalue weighted by atomic mass is 9.98. The fraction of sp³-hybridized carbons (Fsp3) is 0.167. The van der Waals surface area contributed by atoms with Gasteiger partial charge in [0, 0.05) is 10.0 Å². The van der Waals surface area contributed by atoms with Gasteiger partial charge in [0.1, 0.15) is 5.52 Å². The number of halogens is 2. The van der Waals surface area contributed by atoms with E-state index in [1.807, 2.05) is 30.3 Å². The minimum absolute atomic E-state index is 0.253. The van der Waals surface area contributed by atoms with E-state index in [9.17, 15) is 4.79 Å². The van der Waals surface area contributed by atoms with Crippen LogP contribution >= 0.6 is 27.5 Å². The van der Waals surface area contributed by atoms with Crippen molar-refractivity contribution < 1.29 is 9.21 Å². The van der Waals surface area contributed by atoms with E-state index in [1.54, 1.807) is 18.2 Å². The lowest BCUT2D eigenvalue weighted by Crippen LogP contribution is -2.12. The summed E-state index contributed by atoms with van der Waals surface area (Å²) in [5, 5.41) is 3.31. The van der Waals surface area contributed by atoms with Crippen molar-refractivity contribution in [3.05, 3.63) is 81.3 Å². The second-order valence-corrected chi connectivity index (χ2v) is 8.45. The molecule has 0 aliphatic rings. The van der Waals surface area contributed by atoms with Gasteiger partial charge in [-0.2, -0.15) is 0 Å². The summed E-state index contributed by atoms with van der Waals surface area (Å²) in [7, 11) is 0. The van der Waals surface area contributed by atoms with Gasteiger partial charge in [0.2, 0.25) is 5.89 Å². The third-order valence-corrected chi connectivity index (χ3v) is 6.19. The fourth-order valence-electron chi connectivity index (χ4n) is 3.20. The van der Waals surface area contributed by atoms with Crippen molar-refractivity contribution >= 4 is 50.2 Å². The van der Waals surface area contributed by atoms with E-state index in [-0.39, 0.29) is 5.91 Å². The molecule has 4 rings (SSSR count). The first-order valence-electron chi connectivity index (χ1n) is 9.72. The number of nitrogens with one attached hydrogen (secondary N) is 1. The molecule has 1 N–H and O–H groups in total. The molecule has 1 amide bonds. The maximum absolute atomic E-state index is 12.7. The number of oxazole rings is 1. The quantitative estimate of drug-likeness (QED) is 0.317. The number of anilines is 1. The number of nitrogens with zero attached hydrogens (tertiary/aromatic N) is 1. The summed E-state index contributed by atoms with van der Waals surface area (Å²) in [4.78, 5) is 17.3. The molecule has 0 aliphatic carbocycles. The Labute approximate surface area is 188 Å². The summed E-state index contributed by atoms with van der Waals surface area (Å²) in [5.41, 5.74) is 4.55. The molecule has 0 saturated heterocycles. The normalized spacial score (nSPS) is 12.1. The van der Waals surface area contributed by atoms with Crippen molar-refractivity contribution in [1.82, 2.24) is 4.98 Å². The molecule has 0 spiro atoms. The molecule has 0 fully saturated rings. The molecule has 152 valence electrons. The first-order valence-corrected chi connectivity index (χ1v) is 10.9. The highest BCUT2D eigenvalue weighted by molar-refractivity contribution is 9.10. The Bertz CT molecular complexity index is 1240. The maximum atomic E-state index is 12.7. The molecule has 1 heterocycles. The van der Waals surface area contributed by atoms with Gasteiger partial charge in [-0.25, -0.2) is 4.98 Å². The van der Waals surface area contributed by atoms with E-state index < -0.39 is 0 Å². The molecule has 3 aromatic carbocycles. The highest BCUT2D eigenvalue weighted by atomic mass is 79.9. The zero-order valence-corrected chi connectivity index (χ0v) is 18.9. The van der Waals surface area contributed by atoms with Gasteiger partial charge in [-0.3, -0.25) is 4.79 Å². The predicted molar refractivity (Wildman–Crippen MR) is 125 cm³/mol. The summed E-state index contributed by atoms with van der Waals surface area (Å²) >= 11 is 9.73. The number of carbonyl (C=O) groups is 1. The van der Waals surface area contributed by atoms with Crippen LogP contribution in [0.2, 0.25) is 5.02 Å². The summed E-state index contributed by atoms with van der Waals surface area (Å²) in [6.45, 7) is 4.36.